The van der Waals surface area contributed by atoms with Crippen molar-refractivity contribution < 1.29 is 14.4 Å². The summed E-state index contributed by atoms with van der Waals surface area (Å²) in [5.74, 6) is -1.99. The summed E-state index contributed by atoms with van der Waals surface area (Å²) in [6, 6.07) is 9.52. The number of hydrogen-bond donors (Lipinski definition) is 3. The van der Waals surface area contributed by atoms with Gasteiger partial charge in [0.1, 0.15) is 0 Å². The van der Waals surface area contributed by atoms with Crippen molar-refractivity contribution in [3.63, 3.8) is 0 Å². The summed E-state index contributed by atoms with van der Waals surface area (Å²) in [4.78, 5) is 38.5. The predicted octanol–water partition coefficient (Wildman–Crippen LogP) is 2.27. The Hall–Kier alpha value is -2.93. The molecule has 23 heavy (non-hydrogen) atoms. The second kappa shape index (κ2) is 7.37. The Morgan fingerprint density at radius 1 is 0.957 bits per heavy atom. The quantitative estimate of drug-likeness (QED) is 0.593. The number of anilines is 3. The number of benzene rings is 1. The summed E-state index contributed by atoms with van der Waals surface area (Å²) in [5.41, 5.74) is 1.11. The predicted molar refractivity (Wildman–Crippen MR) is 87.3 cm³/mol. The van der Waals surface area contributed by atoms with Gasteiger partial charge < -0.3 is 16.0 Å². The Labute approximate surface area is 137 Å². The van der Waals surface area contributed by atoms with Crippen LogP contribution in [0.1, 0.15) is 6.92 Å². The van der Waals surface area contributed by atoms with Crippen LogP contribution in [0.15, 0.2) is 42.6 Å². The lowest BCUT2D eigenvalue weighted by Gasteiger charge is -2.08. The topological polar surface area (TPSA) is 100 Å². The number of hydrogen-bond acceptors (Lipinski definition) is 4. The SMILES string of the molecule is CC(=O)Nc1cccc(NC(=O)C(=O)Nc2cccnc2Cl)c1. The molecule has 118 valence electrons. The lowest BCUT2D eigenvalue weighted by molar-refractivity contribution is -0.132. The van der Waals surface area contributed by atoms with Gasteiger partial charge in [-0.2, -0.15) is 0 Å². The van der Waals surface area contributed by atoms with Crippen LogP contribution in [0.2, 0.25) is 5.15 Å². The highest BCUT2D eigenvalue weighted by atomic mass is 35.5. The van der Waals surface area contributed by atoms with E-state index in [1.165, 1.54) is 25.3 Å². The number of pyridine rings is 1. The summed E-state index contributed by atoms with van der Waals surface area (Å²) in [6.45, 7) is 1.37. The second-order valence-electron chi connectivity index (χ2n) is 4.51. The molecule has 0 aliphatic carbocycles. The van der Waals surface area contributed by atoms with E-state index in [1.807, 2.05) is 0 Å². The lowest BCUT2D eigenvalue weighted by atomic mass is 10.2. The molecule has 0 unspecified atom stereocenters. The van der Waals surface area contributed by atoms with Crippen LogP contribution in [0.5, 0.6) is 0 Å². The fraction of sp³-hybridized carbons (Fsp3) is 0.0667. The molecule has 0 radical (unpaired) electrons. The summed E-state index contributed by atoms with van der Waals surface area (Å²) in [7, 11) is 0. The standard InChI is InChI=1S/C15H13ClN4O3/c1-9(21)18-10-4-2-5-11(8-10)19-14(22)15(23)20-12-6-3-7-17-13(12)16/h2-8H,1H3,(H,18,21)(H,19,22)(H,20,23). The van der Waals surface area contributed by atoms with Gasteiger partial charge in [0.2, 0.25) is 5.91 Å². The van der Waals surface area contributed by atoms with E-state index in [1.54, 1.807) is 24.3 Å². The first-order valence-corrected chi connectivity index (χ1v) is 6.94. The maximum atomic E-state index is 11.9. The zero-order valence-electron chi connectivity index (χ0n) is 12.1. The Bertz CT molecular complexity index is 764. The number of nitrogens with one attached hydrogen (secondary N) is 3. The minimum Gasteiger partial charge on any atom is -0.326 e. The normalized spacial score (nSPS) is 9.83. The highest BCUT2D eigenvalue weighted by Gasteiger charge is 2.15. The van der Waals surface area contributed by atoms with Gasteiger partial charge in [-0.15, -0.1) is 0 Å². The molecule has 0 aliphatic heterocycles. The first-order chi connectivity index (χ1) is 11.0. The monoisotopic (exact) mass is 332 g/mol. The third-order valence-corrected chi connectivity index (χ3v) is 2.96. The molecule has 8 heteroatoms. The molecule has 7 nitrogen and oxygen atoms in total. The molecule has 0 bridgehead atoms. The molecule has 1 aromatic heterocycles. The number of carbonyl (C=O) groups is 3. The molecule has 0 spiro atoms. The average Bonchev–Trinajstić information content (AvgIpc) is 2.49. The van der Waals surface area contributed by atoms with Crippen molar-refractivity contribution in [2.45, 2.75) is 6.92 Å². The zero-order valence-corrected chi connectivity index (χ0v) is 12.8. The van der Waals surface area contributed by atoms with Crippen LogP contribution < -0.4 is 16.0 Å². The zero-order chi connectivity index (χ0) is 16.8. The molecule has 3 amide bonds. The summed E-state index contributed by atoms with van der Waals surface area (Å²) < 4.78 is 0. The van der Waals surface area contributed by atoms with Crippen LogP contribution in [-0.4, -0.2) is 22.7 Å². The van der Waals surface area contributed by atoms with Gasteiger partial charge in [-0.25, -0.2) is 4.98 Å². The lowest BCUT2D eigenvalue weighted by Crippen LogP contribution is -2.29. The van der Waals surface area contributed by atoms with Gasteiger partial charge in [0.25, 0.3) is 0 Å². The second-order valence-corrected chi connectivity index (χ2v) is 4.87. The highest BCUT2D eigenvalue weighted by Crippen LogP contribution is 2.18. The molecule has 3 N–H and O–H groups in total. The van der Waals surface area contributed by atoms with Crippen LogP contribution in [0.25, 0.3) is 0 Å². The largest absolute Gasteiger partial charge is 0.326 e. The Morgan fingerprint density at radius 2 is 1.61 bits per heavy atom. The van der Waals surface area contributed by atoms with Crippen molar-refractivity contribution in [1.82, 2.24) is 4.98 Å². The summed E-state index contributed by atoms with van der Waals surface area (Å²) in [6.07, 6.45) is 1.46. The van der Waals surface area contributed by atoms with Gasteiger partial charge in [0, 0.05) is 24.5 Å². The molecule has 0 saturated carbocycles. The minimum atomic E-state index is -0.884. The van der Waals surface area contributed by atoms with Crippen molar-refractivity contribution >= 4 is 46.4 Å². The average molecular weight is 333 g/mol. The van der Waals surface area contributed by atoms with Crippen molar-refractivity contribution in [2.75, 3.05) is 16.0 Å². The van der Waals surface area contributed by atoms with E-state index >= 15 is 0 Å². The van der Waals surface area contributed by atoms with Gasteiger partial charge in [0.15, 0.2) is 5.15 Å². The molecule has 1 heterocycles. The number of aromatic nitrogens is 1. The molecule has 2 aromatic rings. The van der Waals surface area contributed by atoms with Crippen molar-refractivity contribution in [3.05, 3.63) is 47.7 Å². The van der Waals surface area contributed by atoms with Gasteiger partial charge in [-0.1, -0.05) is 17.7 Å². The smallest absolute Gasteiger partial charge is 0.314 e. The van der Waals surface area contributed by atoms with Crippen molar-refractivity contribution in [3.8, 4) is 0 Å². The molecule has 0 atom stereocenters. The molecule has 2 rings (SSSR count). The molecule has 0 saturated heterocycles. The van der Waals surface area contributed by atoms with E-state index in [4.69, 9.17) is 11.6 Å². The van der Waals surface area contributed by atoms with E-state index in [9.17, 15) is 14.4 Å². The summed E-state index contributed by atoms with van der Waals surface area (Å²) >= 11 is 5.80. The maximum Gasteiger partial charge on any atom is 0.314 e. The fourth-order valence-corrected chi connectivity index (χ4v) is 1.89. The van der Waals surface area contributed by atoms with Gasteiger partial charge in [-0.3, -0.25) is 14.4 Å². The minimum absolute atomic E-state index is 0.0845. The number of nitrogens with zero attached hydrogens (tertiary/aromatic N) is 1. The fourth-order valence-electron chi connectivity index (χ4n) is 1.72. The Morgan fingerprint density at radius 3 is 2.26 bits per heavy atom. The van der Waals surface area contributed by atoms with E-state index < -0.39 is 11.8 Å². The molecular weight excluding hydrogens is 320 g/mol. The molecule has 0 aliphatic rings. The Kier molecular flexibility index (Phi) is 5.27. The molecular formula is C15H13ClN4O3. The van der Waals surface area contributed by atoms with E-state index in [-0.39, 0.29) is 16.7 Å². The van der Waals surface area contributed by atoms with Crippen LogP contribution in [0.4, 0.5) is 17.1 Å². The first-order valence-electron chi connectivity index (χ1n) is 6.56. The van der Waals surface area contributed by atoms with Crippen LogP contribution >= 0.6 is 11.6 Å². The summed E-state index contributed by atoms with van der Waals surface area (Å²) in [5, 5.41) is 7.45. The third kappa shape index (κ3) is 4.79. The van der Waals surface area contributed by atoms with E-state index in [0.29, 0.717) is 11.4 Å². The number of rotatable bonds is 3. The van der Waals surface area contributed by atoms with Crippen molar-refractivity contribution in [1.29, 1.82) is 0 Å². The third-order valence-electron chi connectivity index (χ3n) is 2.65. The van der Waals surface area contributed by atoms with Crippen LogP contribution in [0, 0.1) is 0 Å². The molecule has 0 fully saturated rings. The van der Waals surface area contributed by atoms with Crippen LogP contribution in [0.3, 0.4) is 0 Å². The Balaban J connectivity index is 2.02. The van der Waals surface area contributed by atoms with Gasteiger partial charge in [0.05, 0.1) is 5.69 Å². The van der Waals surface area contributed by atoms with Crippen LogP contribution in [-0.2, 0) is 14.4 Å². The van der Waals surface area contributed by atoms with E-state index in [2.05, 4.69) is 20.9 Å². The first kappa shape index (κ1) is 16.4. The number of halogens is 1. The van der Waals surface area contributed by atoms with Crippen molar-refractivity contribution in [2.24, 2.45) is 0 Å². The highest BCUT2D eigenvalue weighted by molar-refractivity contribution is 6.44. The molecule has 1 aromatic carbocycles. The van der Waals surface area contributed by atoms with Gasteiger partial charge in [-0.05, 0) is 30.3 Å². The van der Waals surface area contributed by atoms with E-state index in [0.717, 1.165) is 0 Å². The number of carbonyl (C=O) groups excluding carboxylic acids is 3. The maximum absolute atomic E-state index is 11.9. The number of amides is 3. The van der Waals surface area contributed by atoms with Gasteiger partial charge >= 0.3 is 11.8 Å².